The first kappa shape index (κ1) is 28.4. The molecule has 2 N–H and O–H groups in total. The molecule has 3 heterocycles. The van der Waals surface area contributed by atoms with Crippen LogP contribution in [0.4, 0.5) is 27.8 Å². The molecule has 3 aromatic heterocycles. The van der Waals surface area contributed by atoms with Crippen molar-refractivity contribution in [2.24, 2.45) is 5.92 Å². The minimum absolute atomic E-state index is 0.0236. The molecule has 1 unspecified atom stereocenters. The zero-order chi connectivity index (χ0) is 29.5. The van der Waals surface area contributed by atoms with Gasteiger partial charge in [0.15, 0.2) is 23.6 Å². The highest BCUT2D eigenvalue weighted by atomic mass is 35.5. The molecule has 0 spiro atoms. The first-order chi connectivity index (χ1) is 19.3. The Morgan fingerprint density at radius 1 is 1.15 bits per heavy atom. The molecule has 4 aromatic rings. The van der Waals surface area contributed by atoms with E-state index in [0.717, 1.165) is 4.68 Å². The zero-order valence-electron chi connectivity index (χ0n) is 20.8. The molecule has 17 heteroatoms. The average molecular weight is 599 g/mol. The van der Waals surface area contributed by atoms with Crippen molar-refractivity contribution in [1.82, 2.24) is 34.1 Å². The summed E-state index contributed by atoms with van der Waals surface area (Å²) >= 11 is 5.90. The van der Waals surface area contributed by atoms with Gasteiger partial charge in [-0.2, -0.15) is 13.2 Å². The van der Waals surface area contributed by atoms with Gasteiger partial charge in [0.1, 0.15) is 18.6 Å². The number of alkyl halides is 5. The van der Waals surface area contributed by atoms with E-state index in [1.807, 2.05) is 0 Å². The molecule has 1 aliphatic carbocycles. The van der Waals surface area contributed by atoms with E-state index < -0.39 is 55.1 Å². The highest BCUT2D eigenvalue weighted by Crippen LogP contribution is 2.42. The summed E-state index contributed by atoms with van der Waals surface area (Å²) in [5.41, 5.74) is -0.432. The fourth-order valence-corrected chi connectivity index (χ4v) is 4.29. The van der Waals surface area contributed by atoms with Crippen LogP contribution in [0.5, 0.6) is 0 Å². The molecule has 11 nitrogen and oxygen atoms in total. The van der Waals surface area contributed by atoms with Crippen molar-refractivity contribution >= 4 is 23.3 Å². The smallest absolute Gasteiger partial charge is 0.382 e. The number of amides is 1. The second-order valence-corrected chi connectivity index (χ2v) is 9.80. The number of rotatable bonds is 8. The number of benzene rings is 1. The number of nitrogens with zero attached hydrogens (tertiary/aromatic N) is 7. The molecule has 0 saturated heterocycles. The molecular weight excluding hydrogens is 579 g/mol. The van der Waals surface area contributed by atoms with Gasteiger partial charge < -0.3 is 10.4 Å². The summed E-state index contributed by atoms with van der Waals surface area (Å²) in [7, 11) is 0. The van der Waals surface area contributed by atoms with Crippen LogP contribution >= 0.6 is 11.6 Å². The van der Waals surface area contributed by atoms with Gasteiger partial charge in [0.05, 0.1) is 6.54 Å². The summed E-state index contributed by atoms with van der Waals surface area (Å²) in [4.78, 5) is 33.7. The first-order valence-electron chi connectivity index (χ1n) is 12.0. The summed E-state index contributed by atoms with van der Waals surface area (Å²) in [5, 5.41) is 20.9. The fraction of sp³-hybridized carbons (Fsp3) is 0.333. The van der Waals surface area contributed by atoms with E-state index in [1.165, 1.54) is 47.5 Å². The standard InChI is InChI=1S/C24H20ClF5N8O3/c25-15-5-3-13(4-6-15)20-35-37(22(41)36(20)10-17(39)24(28,29)30)11-18-32-12-38(34-18)16-2-1-7-31-19(16)33-21(40)14-8-23(26,27)9-14/h1-7,12,14,17,39H,8-11H2,(H,31,33,40). The Morgan fingerprint density at radius 2 is 1.85 bits per heavy atom. The van der Waals surface area contributed by atoms with Gasteiger partial charge in [0.25, 0.3) is 0 Å². The van der Waals surface area contributed by atoms with Gasteiger partial charge in [0, 0.05) is 35.5 Å². The maximum absolute atomic E-state index is 13.2. The van der Waals surface area contributed by atoms with Crippen molar-refractivity contribution in [2.75, 3.05) is 5.32 Å². The third-order valence-electron chi connectivity index (χ3n) is 6.32. The molecule has 1 aromatic carbocycles. The number of hydrogen-bond acceptors (Lipinski definition) is 7. The molecule has 5 rings (SSSR count). The predicted molar refractivity (Wildman–Crippen MR) is 134 cm³/mol. The minimum atomic E-state index is -4.98. The summed E-state index contributed by atoms with van der Waals surface area (Å²) in [5.74, 6) is -4.44. The highest BCUT2D eigenvalue weighted by molar-refractivity contribution is 6.30. The van der Waals surface area contributed by atoms with Crippen molar-refractivity contribution in [3.63, 3.8) is 0 Å². The second kappa shape index (κ2) is 10.7. The molecule has 1 fully saturated rings. The highest BCUT2D eigenvalue weighted by Gasteiger charge is 2.48. The SMILES string of the molecule is O=C(Nc1ncccc1-n1cnc(Cn2nc(-c3ccc(Cl)cc3)n(CC(O)C(F)(F)F)c2=O)n1)C1CC(F)(F)C1. The quantitative estimate of drug-likeness (QED) is 0.297. The molecule has 0 bridgehead atoms. The normalized spacial score (nSPS) is 15.9. The number of pyridine rings is 1. The third-order valence-corrected chi connectivity index (χ3v) is 6.58. The molecule has 1 saturated carbocycles. The summed E-state index contributed by atoms with van der Waals surface area (Å²) in [6.45, 7) is -1.46. The Hall–Kier alpha value is -4.18. The van der Waals surface area contributed by atoms with Crippen LogP contribution in [0.1, 0.15) is 18.7 Å². The van der Waals surface area contributed by atoms with E-state index in [2.05, 4.69) is 25.5 Å². The molecular formula is C24H20ClF5N8O3. The van der Waals surface area contributed by atoms with Crippen LogP contribution in [0, 0.1) is 5.92 Å². The van der Waals surface area contributed by atoms with E-state index in [0.29, 0.717) is 9.59 Å². The molecule has 1 aliphatic rings. The molecule has 41 heavy (non-hydrogen) atoms. The molecule has 1 atom stereocenters. The Morgan fingerprint density at radius 3 is 2.51 bits per heavy atom. The van der Waals surface area contributed by atoms with Crippen molar-refractivity contribution < 1.29 is 31.9 Å². The minimum Gasteiger partial charge on any atom is -0.382 e. The van der Waals surface area contributed by atoms with Crippen molar-refractivity contribution in [3.8, 4) is 17.1 Å². The number of carbonyl (C=O) groups excluding carboxylic acids is 1. The Bertz CT molecular complexity index is 1630. The van der Waals surface area contributed by atoms with Crippen LogP contribution in [-0.4, -0.2) is 63.3 Å². The number of aliphatic hydroxyl groups is 1. The van der Waals surface area contributed by atoms with E-state index in [-0.39, 0.29) is 35.3 Å². The van der Waals surface area contributed by atoms with Crippen LogP contribution < -0.4 is 11.0 Å². The number of nitrogens with one attached hydrogen (secondary N) is 1. The fourth-order valence-electron chi connectivity index (χ4n) is 4.16. The van der Waals surface area contributed by atoms with Gasteiger partial charge in [-0.25, -0.2) is 32.9 Å². The largest absolute Gasteiger partial charge is 0.416 e. The second-order valence-electron chi connectivity index (χ2n) is 9.37. The number of halogens is 6. The number of hydrogen-bond donors (Lipinski definition) is 2. The average Bonchev–Trinajstić information content (AvgIpc) is 3.48. The van der Waals surface area contributed by atoms with E-state index in [9.17, 15) is 36.6 Å². The van der Waals surface area contributed by atoms with Crippen LogP contribution in [0.3, 0.4) is 0 Å². The Labute approximate surface area is 232 Å². The number of aromatic nitrogens is 7. The van der Waals surface area contributed by atoms with Crippen LogP contribution in [0.25, 0.3) is 17.1 Å². The number of aliphatic hydroxyl groups excluding tert-OH is 1. The lowest BCUT2D eigenvalue weighted by Gasteiger charge is -2.33. The van der Waals surface area contributed by atoms with Crippen LogP contribution in [0.2, 0.25) is 5.02 Å². The van der Waals surface area contributed by atoms with E-state index in [1.54, 1.807) is 6.07 Å². The topological polar surface area (TPSA) is 133 Å². The zero-order valence-corrected chi connectivity index (χ0v) is 21.5. The monoisotopic (exact) mass is 598 g/mol. The maximum atomic E-state index is 13.2. The lowest BCUT2D eigenvalue weighted by molar-refractivity contribution is -0.207. The van der Waals surface area contributed by atoms with Gasteiger partial charge >= 0.3 is 11.9 Å². The van der Waals surface area contributed by atoms with Gasteiger partial charge in [-0.1, -0.05) is 11.6 Å². The van der Waals surface area contributed by atoms with Crippen molar-refractivity contribution in [3.05, 3.63) is 70.3 Å². The van der Waals surface area contributed by atoms with E-state index in [4.69, 9.17) is 11.6 Å². The third kappa shape index (κ3) is 6.12. The Balaban J connectivity index is 1.41. The van der Waals surface area contributed by atoms with E-state index >= 15 is 0 Å². The lowest BCUT2D eigenvalue weighted by Crippen LogP contribution is -2.42. The summed E-state index contributed by atoms with van der Waals surface area (Å²) in [6, 6.07) is 8.93. The number of carbonyl (C=O) groups is 1. The van der Waals surface area contributed by atoms with Crippen LogP contribution in [-0.2, 0) is 17.9 Å². The van der Waals surface area contributed by atoms with Gasteiger partial charge in [-0.05, 0) is 36.4 Å². The Kier molecular flexibility index (Phi) is 7.37. The predicted octanol–water partition coefficient (Wildman–Crippen LogP) is 3.30. The molecule has 0 aliphatic heterocycles. The molecule has 216 valence electrons. The molecule has 0 radical (unpaired) electrons. The molecule has 1 amide bonds. The van der Waals surface area contributed by atoms with Crippen LogP contribution in [0.15, 0.2) is 53.7 Å². The van der Waals surface area contributed by atoms with Gasteiger partial charge in [0.2, 0.25) is 11.8 Å². The van der Waals surface area contributed by atoms with Gasteiger partial charge in [-0.15, -0.1) is 10.2 Å². The summed E-state index contributed by atoms with van der Waals surface area (Å²) < 4.78 is 68.4. The number of anilines is 1. The maximum Gasteiger partial charge on any atom is 0.416 e. The lowest BCUT2D eigenvalue weighted by atomic mass is 9.81. The van der Waals surface area contributed by atoms with Crippen molar-refractivity contribution in [2.45, 2.75) is 44.1 Å². The summed E-state index contributed by atoms with van der Waals surface area (Å²) in [6.07, 6.45) is -6.30. The van der Waals surface area contributed by atoms with Crippen molar-refractivity contribution in [1.29, 1.82) is 0 Å². The first-order valence-corrected chi connectivity index (χ1v) is 12.4. The van der Waals surface area contributed by atoms with Gasteiger partial charge in [-0.3, -0.25) is 9.36 Å².